The van der Waals surface area contributed by atoms with E-state index in [1.165, 1.54) is 0 Å². The third kappa shape index (κ3) is 5.17. The monoisotopic (exact) mass is 502 g/mol. The summed E-state index contributed by atoms with van der Waals surface area (Å²) >= 11 is 0. The lowest BCUT2D eigenvalue weighted by molar-refractivity contribution is 0.0962. The first-order valence-corrected chi connectivity index (χ1v) is 10.8. The van der Waals surface area contributed by atoms with Crippen LogP contribution in [0, 0.1) is 5.41 Å². The number of carbonyl (C=O) groups excluding carboxylic acids is 1. The van der Waals surface area contributed by atoms with E-state index in [9.17, 15) is 9.90 Å². The summed E-state index contributed by atoms with van der Waals surface area (Å²) < 4.78 is 5.57. The number of Topliss-reactive ketones (excluding diaryl/α,β-unsaturated/α-hetero) is 1. The summed E-state index contributed by atoms with van der Waals surface area (Å²) in [5.41, 5.74) is 3.35. The first-order valence-electron chi connectivity index (χ1n) is 10.8. The fourth-order valence-corrected chi connectivity index (χ4v) is 3.98. The Morgan fingerprint density at radius 2 is 1.62 bits per heavy atom. The molecule has 32 heavy (non-hydrogen) atoms. The number of amidine groups is 1. The zero-order valence-electron chi connectivity index (χ0n) is 20.1. The summed E-state index contributed by atoms with van der Waals surface area (Å²) in [5.74, 6) is 1.35. The van der Waals surface area contributed by atoms with Crippen molar-refractivity contribution in [3.8, 4) is 11.5 Å². The van der Waals surface area contributed by atoms with Gasteiger partial charge in [-0.3, -0.25) is 10.2 Å². The van der Waals surface area contributed by atoms with Crippen LogP contribution < -0.4 is 4.74 Å². The Bertz CT molecular complexity index is 997. The Balaban J connectivity index is 0.00000363. The van der Waals surface area contributed by atoms with Crippen LogP contribution in [-0.4, -0.2) is 34.8 Å². The molecule has 0 saturated carbocycles. The molecule has 1 aliphatic heterocycles. The van der Waals surface area contributed by atoms with E-state index in [-0.39, 0.29) is 45.9 Å². The summed E-state index contributed by atoms with van der Waals surface area (Å²) in [6, 6.07) is 9.34. The third-order valence-corrected chi connectivity index (χ3v) is 5.70. The van der Waals surface area contributed by atoms with E-state index in [4.69, 9.17) is 10.1 Å². The second-order valence-corrected chi connectivity index (χ2v) is 10.3. The molecule has 0 amide bonds. The van der Waals surface area contributed by atoms with E-state index >= 15 is 0 Å². The quantitative estimate of drug-likeness (QED) is 0.492. The van der Waals surface area contributed by atoms with E-state index < -0.39 is 0 Å². The maximum Gasteiger partial charge on any atom is 0.182 e. The minimum Gasteiger partial charge on any atom is -0.507 e. The number of ketones is 1. The molecule has 0 aliphatic carbocycles. The highest BCUT2D eigenvalue weighted by molar-refractivity contribution is 8.93. The molecule has 2 N–H and O–H groups in total. The van der Waals surface area contributed by atoms with Gasteiger partial charge in [0.2, 0.25) is 0 Å². The number of hydrogen-bond acceptors (Lipinski definition) is 4. The number of nitrogens with one attached hydrogen (secondary N) is 1. The van der Waals surface area contributed by atoms with Gasteiger partial charge in [-0.15, -0.1) is 17.0 Å². The van der Waals surface area contributed by atoms with Crippen LogP contribution in [0.2, 0.25) is 0 Å². The molecule has 1 aliphatic rings. The molecule has 0 unspecified atom stereocenters. The molecular formula is C26H35BrN2O3. The van der Waals surface area contributed by atoms with Gasteiger partial charge >= 0.3 is 0 Å². The van der Waals surface area contributed by atoms with Gasteiger partial charge in [0.25, 0.3) is 0 Å². The highest BCUT2D eigenvalue weighted by atomic mass is 79.9. The fourth-order valence-electron chi connectivity index (χ4n) is 3.98. The van der Waals surface area contributed by atoms with Crippen LogP contribution in [0.4, 0.5) is 0 Å². The summed E-state index contributed by atoms with van der Waals surface area (Å²) in [6.07, 6.45) is 0. The largest absolute Gasteiger partial charge is 0.507 e. The standard InChI is InChI=1S/C26H34N2O3.BrH/c1-8-31-18-9-10-19-17(11-18)14-28(24(19)27)15-22(29)16-12-20(25(2,3)4)23(30)21(13-16)26(5,6)7;/h9-13,27,30H,8,14-15H2,1-7H3;1H. The maximum atomic E-state index is 13.3. The van der Waals surface area contributed by atoms with Crippen LogP contribution in [0.3, 0.4) is 0 Å². The number of ether oxygens (including phenoxy) is 1. The molecule has 2 aromatic rings. The van der Waals surface area contributed by atoms with Crippen molar-refractivity contribution in [1.29, 1.82) is 5.41 Å². The number of carbonyl (C=O) groups is 1. The summed E-state index contributed by atoms with van der Waals surface area (Å²) in [7, 11) is 0. The molecule has 174 valence electrons. The molecule has 1 heterocycles. The van der Waals surface area contributed by atoms with Crippen LogP contribution in [0.1, 0.15) is 81.1 Å². The SMILES string of the molecule is Br.CCOc1ccc2c(c1)CN(CC(=O)c1cc(C(C)(C)C)c(O)c(C(C)(C)C)c1)C2=N. The van der Waals surface area contributed by atoms with Crippen LogP contribution in [0.15, 0.2) is 30.3 Å². The first kappa shape index (κ1) is 25.9. The summed E-state index contributed by atoms with van der Waals surface area (Å²) in [6.45, 7) is 15.4. The topological polar surface area (TPSA) is 73.6 Å². The molecule has 5 nitrogen and oxygen atoms in total. The van der Waals surface area contributed by atoms with Crippen molar-refractivity contribution in [2.45, 2.75) is 65.8 Å². The van der Waals surface area contributed by atoms with Crippen molar-refractivity contribution in [3.63, 3.8) is 0 Å². The van der Waals surface area contributed by atoms with E-state index in [0.717, 1.165) is 28.0 Å². The number of aromatic hydroxyl groups is 1. The minimum atomic E-state index is -0.299. The number of halogens is 1. The molecular weight excluding hydrogens is 468 g/mol. The smallest absolute Gasteiger partial charge is 0.182 e. The van der Waals surface area contributed by atoms with Crippen molar-refractivity contribution in [1.82, 2.24) is 4.90 Å². The van der Waals surface area contributed by atoms with Crippen LogP contribution in [-0.2, 0) is 17.4 Å². The minimum absolute atomic E-state index is 0. The van der Waals surface area contributed by atoms with Crippen molar-refractivity contribution in [3.05, 3.63) is 58.1 Å². The van der Waals surface area contributed by atoms with Crippen molar-refractivity contribution in [2.75, 3.05) is 13.2 Å². The predicted molar refractivity (Wildman–Crippen MR) is 135 cm³/mol. The predicted octanol–water partition coefficient (Wildman–Crippen LogP) is 5.99. The molecule has 0 saturated heterocycles. The van der Waals surface area contributed by atoms with Crippen molar-refractivity contribution in [2.24, 2.45) is 0 Å². The number of benzene rings is 2. The Labute approximate surface area is 202 Å². The van der Waals surface area contributed by atoms with Gasteiger partial charge in [0, 0.05) is 28.8 Å². The summed E-state index contributed by atoms with van der Waals surface area (Å²) in [5, 5.41) is 19.4. The second kappa shape index (κ2) is 9.26. The van der Waals surface area contributed by atoms with Gasteiger partial charge in [-0.1, -0.05) is 41.5 Å². The number of rotatable bonds is 5. The Kier molecular flexibility index (Phi) is 7.50. The number of phenolic OH excluding ortho intramolecular Hbond substituents is 1. The maximum absolute atomic E-state index is 13.3. The highest BCUT2D eigenvalue weighted by Gasteiger charge is 2.30. The summed E-state index contributed by atoms with van der Waals surface area (Å²) in [4.78, 5) is 15.1. The van der Waals surface area contributed by atoms with Crippen molar-refractivity contribution >= 4 is 28.6 Å². The van der Waals surface area contributed by atoms with Gasteiger partial charge in [-0.05, 0) is 53.6 Å². The molecule has 2 aromatic carbocycles. The number of fused-ring (bicyclic) bond motifs is 1. The lowest BCUT2D eigenvalue weighted by Crippen LogP contribution is -2.30. The number of hydrogen-bond donors (Lipinski definition) is 2. The molecule has 0 atom stereocenters. The van der Waals surface area contributed by atoms with Crippen LogP contribution in [0.25, 0.3) is 0 Å². The lowest BCUT2D eigenvalue weighted by atomic mass is 9.78. The highest BCUT2D eigenvalue weighted by Crippen LogP contribution is 2.40. The lowest BCUT2D eigenvalue weighted by Gasteiger charge is -2.28. The fraction of sp³-hybridized carbons (Fsp3) is 0.462. The second-order valence-electron chi connectivity index (χ2n) is 10.3. The first-order chi connectivity index (χ1) is 14.3. The van der Waals surface area contributed by atoms with Gasteiger partial charge in [0.1, 0.15) is 17.3 Å². The normalized spacial score (nSPS) is 13.6. The Morgan fingerprint density at radius 1 is 1.06 bits per heavy atom. The van der Waals surface area contributed by atoms with Crippen LogP contribution >= 0.6 is 17.0 Å². The van der Waals surface area contributed by atoms with E-state index in [1.807, 2.05) is 78.8 Å². The third-order valence-electron chi connectivity index (χ3n) is 5.70. The van der Waals surface area contributed by atoms with Gasteiger partial charge in [-0.25, -0.2) is 0 Å². The molecule has 3 rings (SSSR count). The Morgan fingerprint density at radius 3 is 2.12 bits per heavy atom. The molecule has 0 aromatic heterocycles. The van der Waals surface area contributed by atoms with E-state index in [0.29, 0.717) is 24.6 Å². The molecule has 0 bridgehead atoms. The van der Waals surface area contributed by atoms with Gasteiger partial charge in [0.15, 0.2) is 5.78 Å². The zero-order valence-corrected chi connectivity index (χ0v) is 21.8. The van der Waals surface area contributed by atoms with Gasteiger partial charge in [-0.2, -0.15) is 0 Å². The zero-order chi connectivity index (χ0) is 23.1. The van der Waals surface area contributed by atoms with E-state index in [2.05, 4.69) is 0 Å². The van der Waals surface area contributed by atoms with E-state index in [1.54, 1.807) is 4.90 Å². The van der Waals surface area contributed by atoms with Crippen LogP contribution in [0.5, 0.6) is 11.5 Å². The molecule has 0 spiro atoms. The van der Waals surface area contributed by atoms with Gasteiger partial charge in [0.05, 0.1) is 13.2 Å². The van der Waals surface area contributed by atoms with Crippen molar-refractivity contribution < 1.29 is 14.6 Å². The average Bonchev–Trinajstić information content (AvgIpc) is 2.95. The molecule has 0 radical (unpaired) electrons. The molecule has 6 heteroatoms. The number of phenols is 1. The van der Waals surface area contributed by atoms with Gasteiger partial charge < -0.3 is 14.7 Å². The Hall–Kier alpha value is -2.34. The average molecular weight is 503 g/mol. The molecule has 0 fully saturated rings. The number of nitrogens with zero attached hydrogens (tertiary/aromatic N) is 1.